The van der Waals surface area contributed by atoms with Crippen LogP contribution in [0.2, 0.25) is 0 Å². The van der Waals surface area contributed by atoms with E-state index in [9.17, 15) is 0 Å². The van der Waals surface area contributed by atoms with Crippen molar-refractivity contribution in [2.45, 2.75) is 0 Å². The third-order valence-electron chi connectivity index (χ3n) is 10.9. The summed E-state index contributed by atoms with van der Waals surface area (Å²) >= 11 is 0. The third-order valence-corrected chi connectivity index (χ3v) is 10.9. The molecule has 0 spiro atoms. The Morgan fingerprint density at radius 3 is 1.42 bits per heavy atom. The molecule has 11 rings (SSSR count). The van der Waals surface area contributed by atoms with Gasteiger partial charge in [0.1, 0.15) is 11.2 Å². The summed E-state index contributed by atoms with van der Waals surface area (Å²) in [6.45, 7) is 0. The largest absolute Gasteiger partial charge is 0.456 e. The maximum atomic E-state index is 6.70. The molecule has 0 saturated carbocycles. The van der Waals surface area contributed by atoms with Crippen LogP contribution in [-0.4, -0.2) is 15.0 Å². The van der Waals surface area contributed by atoms with Crippen molar-refractivity contribution in [3.8, 4) is 67.5 Å². The normalized spacial score (nSPS) is 11.5. The lowest BCUT2D eigenvalue weighted by molar-refractivity contribution is 0.669. The van der Waals surface area contributed by atoms with E-state index in [1.807, 2.05) is 18.2 Å². The highest BCUT2D eigenvalue weighted by molar-refractivity contribution is 6.16. The van der Waals surface area contributed by atoms with E-state index in [1.165, 1.54) is 11.1 Å². The Bertz CT molecular complexity index is 3280. The highest BCUT2D eigenvalue weighted by Crippen LogP contribution is 2.41. The van der Waals surface area contributed by atoms with Gasteiger partial charge in [-0.1, -0.05) is 158 Å². The lowest BCUT2D eigenvalue weighted by atomic mass is 9.97. The average Bonchev–Trinajstić information content (AvgIpc) is 3.65. The molecule has 0 atom stereocenters. The van der Waals surface area contributed by atoms with Crippen molar-refractivity contribution in [2.75, 3.05) is 0 Å². The summed E-state index contributed by atoms with van der Waals surface area (Å²) in [6, 6.07) is 69.9. The van der Waals surface area contributed by atoms with Crippen molar-refractivity contribution >= 4 is 43.5 Å². The summed E-state index contributed by atoms with van der Waals surface area (Å²) in [5.41, 5.74) is 11.0. The molecule has 0 radical (unpaired) electrons. The smallest absolute Gasteiger partial charge is 0.164 e. The summed E-state index contributed by atoms with van der Waals surface area (Å²) in [6.07, 6.45) is 0. The lowest BCUT2D eigenvalue weighted by Gasteiger charge is -2.12. The minimum absolute atomic E-state index is 0.582. The lowest BCUT2D eigenvalue weighted by Crippen LogP contribution is -2.01. The fraction of sp³-hybridized carbons (Fsp3) is 0. The Hall–Kier alpha value is -7.69. The molecule has 2 heterocycles. The molecule has 0 fully saturated rings. The molecule has 0 unspecified atom stereocenters. The van der Waals surface area contributed by atoms with Crippen LogP contribution in [0.1, 0.15) is 0 Å². The van der Waals surface area contributed by atoms with Gasteiger partial charge in [0.15, 0.2) is 17.5 Å². The van der Waals surface area contributed by atoms with Gasteiger partial charge in [-0.05, 0) is 97.4 Å². The molecule has 0 N–H and O–H groups in total. The first-order valence-electron chi connectivity index (χ1n) is 19.2. The van der Waals surface area contributed by atoms with Crippen LogP contribution in [0.5, 0.6) is 0 Å². The van der Waals surface area contributed by atoms with E-state index in [-0.39, 0.29) is 0 Å². The van der Waals surface area contributed by atoms with Gasteiger partial charge in [-0.15, -0.1) is 0 Å². The van der Waals surface area contributed by atoms with Crippen LogP contribution in [0.3, 0.4) is 0 Å². The summed E-state index contributed by atoms with van der Waals surface area (Å²) in [5.74, 6) is 1.78. The Kier molecular flexibility index (Phi) is 7.78. The Morgan fingerprint density at radius 2 is 0.754 bits per heavy atom. The van der Waals surface area contributed by atoms with E-state index in [0.29, 0.717) is 17.5 Å². The minimum Gasteiger partial charge on any atom is -0.456 e. The zero-order valence-electron chi connectivity index (χ0n) is 30.8. The molecule has 9 aromatic carbocycles. The van der Waals surface area contributed by atoms with Crippen LogP contribution < -0.4 is 0 Å². The van der Waals surface area contributed by atoms with Crippen molar-refractivity contribution in [3.05, 3.63) is 200 Å². The zero-order valence-corrected chi connectivity index (χ0v) is 30.8. The van der Waals surface area contributed by atoms with Gasteiger partial charge in [0, 0.05) is 27.5 Å². The second-order valence-corrected chi connectivity index (χ2v) is 14.5. The van der Waals surface area contributed by atoms with Gasteiger partial charge in [0.05, 0.1) is 0 Å². The second kappa shape index (κ2) is 13.6. The first-order chi connectivity index (χ1) is 28.2. The van der Waals surface area contributed by atoms with Crippen LogP contribution >= 0.6 is 0 Å². The van der Waals surface area contributed by atoms with Gasteiger partial charge < -0.3 is 4.42 Å². The number of furan rings is 1. The molecular formula is C53H33N3O. The molecule has 0 aliphatic rings. The van der Waals surface area contributed by atoms with E-state index in [2.05, 4.69) is 182 Å². The zero-order chi connectivity index (χ0) is 37.7. The maximum absolute atomic E-state index is 6.70. The van der Waals surface area contributed by atoms with Crippen molar-refractivity contribution in [1.29, 1.82) is 0 Å². The van der Waals surface area contributed by atoms with E-state index >= 15 is 0 Å². The molecule has 0 saturated heterocycles. The maximum Gasteiger partial charge on any atom is 0.164 e. The predicted molar refractivity (Wildman–Crippen MR) is 235 cm³/mol. The average molecular weight is 728 g/mol. The minimum atomic E-state index is 0.582. The van der Waals surface area contributed by atoms with Crippen molar-refractivity contribution in [3.63, 3.8) is 0 Å². The molecule has 0 amide bonds. The van der Waals surface area contributed by atoms with E-state index in [4.69, 9.17) is 19.4 Å². The van der Waals surface area contributed by atoms with E-state index < -0.39 is 0 Å². The van der Waals surface area contributed by atoms with Crippen LogP contribution in [0.25, 0.3) is 111 Å². The van der Waals surface area contributed by atoms with Crippen molar-refractivity contribution in [1.82, 2.24) is 15.0 Å². The number of aromatic nitrogens is 3. The molecule has 57 heavy (non-hydrogen) atoms. The molecule has 0 aliphatic heterocycles. The van der Waals surface area contributed by atoms with E-state index in [1.54, 1.807) is 0 Å². The number of rotatable bonds is 6. The Labute approximate surface area is 329 Å². The molecule has 11 aromatic rings. The predicted octanol–water partition coefficient (Wildman–Crippen LogP) is 14.1. The summed E-state index contributed by atoms with van der Waals surface area (Å²) < 4.78 is 6.70. The van der Waals surface area contributed by atoms with Crippen molar-refractivity contribution in [2.24, 2.45) is 0 Å². The topological polar surface area (TPSA) is 51.8 Å². The highest BCUT2D eigenvalue weighted by atomic mass is 16.3. The molecule has 4 nitrogen and oxygen atoms in total. The first kappa shape index (κ1) is 32.7. The van der Waals surface area contributed by atoms with Crippen LogP contribution in [0, 0.1) is 0 Å². The quantitative estimate of drug-likeness (QED) is 0.171. The number of fused-ring (bicyclic) bond motifs is 5. The van der Waals surface area contributed by atoms with Gasteiger partial charge in [-0.2, -0.15) is 0 Å². The summed E-state index contributed by atoms with van der Waals surface area (Å²) in [4.78, 5) is 15.8. The van der Waals surface area contributed by atoms with Gasteiger partial charge in [-0.25, -0.2) is 15.0 Å². The van der Waals surface area contributed by atoms with Gasteiger partial charge in [-0.3, -0.25) is 0 Å². The number of hydrogen-bond acceptors (Lipinski definition) is 4. The molecule has 0 bridgehead atoms. The van der Waals surface area contributed by atoms with Crippen molar-refractivity contribution < 1.29 is 4.42 Å². The standard InChI is InChI=1S/C53H33N3O/c1-4-13-34(14-5-1)37-21-12-22-43(28-37)51-54-52(44-26-25-41-27-40(23-24-42(41)29-44)35-15-6-2-7-16-35)56-53(55-51)47-31-45(36-17-8-3-9-18-36)33-49-50(47)46-30-38-19-10-11-20-39(38)32-48(46)57-49/h1-33H. The summed E-state index contributed by atoms with van der Waals surface area (Å²) in [5, 5.41) is 6.54. The third kappa shape index (κ3) is 6.01. The fourth-order valence-electron chi connectivity index (χ4n) is 7.98. The fourth-order valence-corrected chi connectivity index (χ4v) is 7.98. The molecular weight excluding hydrogens is 695 g/mol. The molecule has 4 heteroatoms. The first-order valence-corrected chi connectivity index (χ1v) is 19.2. The number of hydrogen-bond donors (Lipinski definition) is 0. The Morgan fingerprint density at radius 1 is 0.281 bits per heavy atom. The summed E-state index contributed by atoms with van der Waals surface area (Å²) in [7, 11) is 0. The van der Waals surface area contributed by atoms with Gasteiger partial charge in [0.25, 0.3) is 0 Å². The Balaban J connectivity index is 1.16. The molecule has 2 aromatic heterocycles. The van der Waals surface area contributed by atoms with Gasteiger partial charge >= 0.3 is 0 Å². The second-order valence-electron chi connectivity index (χ2n) is 14.5. The SMILES string of the molecule is c1ccc(-c2cccc(-c3nc(-c4ccc5cc(-c6ccccc6)ccc5c4)nc(-c4cc(-c5ccccc5)cc5oc6cc7ccccc7cc6c45)n3)c2)cc1. The van der Waals surface area contributed by atoms with Crippen LogP contribution in [-0.2, 0) is 0 Å². The molecule has 266 valence electrons. The van der Waals surface area contributed by atoms with Gasteiger partial charge in [0.2, 0.25) is 0 Å². The van der Waals surface area contributed by atoms with E-state index in [0.717, 1.165) is 82.4 Å². The number of benzene rings is 9. The number of nitrogens with zero attached hydrogens (tertiary/aromatic N) is 3. The molecule has 0 aliphatic carbocycles. The van der Waals surface area contributed by atoms with Crippen LogP contribution in [0.4, 0.5) is 0 Å². The monoisotopic (exact) mass is 727 g/mol. The van der Waals surface area contributed by atoms with Crippen LogP contribution in [0.15, 0.2) is 205 Å². The highest BCUT2D eigenvalue weighted by Gasteiger charge is 2.21.